The lowest BCUT2D eigenvalue weighted by Crippen LogP contribution is -2.36. The first-order chi connectivity index (χ1) is 12.7. The van der Waals surface area contributed by atoms with Gasteiger partial charge in [-0.05, 0) is 32.8 Å². The Hall–Kier alpha value is -2.05. The second kappa shape index (κ2) is 6.24. The zero-order chi connectivity index (χ0) is 19.5. The van der Waals surface area contributed by atoms with Gasteiger partial charge in [0.1, 0.15) is 17.1 Å². The first-order valence-electron chi connectivity index (χ1n) is 9.60. The molecule has 2 aromatic rings. The molecule has 2 aliphatic rings. The van der Waals surface area contributed by atoms with E-state index in [4.69, 9.17) is 13.9 Å². The van der Waals surface area contributed by atoms with Crippen LogP contribution in [0.1, 0.15) is 75.9 Å². The minimum absolute atomic E-state index is 0.221. The Bertz CT molecular complexity index is 958. The average Bonchev–Trinajstić information content (AvgIpc) is 2.52. The van der Waals surface area contributed by atoms with Gasteiger partial charge in [0.15, 0.2) is 5.58 Å². The van der Waals surface area contributed by atoms with Gasteiger partial charge >= 0.3 is 5.63 Å². The molecular weight excluding hydrogens is 348 g/mol. The van der Waals surface area contributed by atoms with Crippen molar-refractivity contribution in [2.75, 3.05) is 0 Å². The smallest absolute Gasteiger partial charge is 0.336 e. The highest BCUT2D eigenvalue weighted by atomic mass is 16.5. The number of hydrogen-bond acceptors (Lipinski definition) is 6. The lowest BCUT2D eigenvalue weighted by atomic mass is 9.84. The van der Waals surface area contributed by atoms with Crippen LogP contribution in [-0.2, 0) is 6.42 Å². The molecule has 3 atom stereocenters. The fraction of sp³-hybridized carbons (Fsp3) is 0.571. The van der Waals surface area contributed by atoms with Crippen molar-refractivity contribution in [3.05, 3.63) is 33.2 Å². The highest BCUT2D eigenvalue weighted by Crippen LogP contribution is 2.54. The summed E-state index contributed by atoms with van der Waals surface area (Å²) < 4.78 is 17.9. The van der Waals surface area contributed by atoms with Crippen molar-refractivity contribution in [3.63, 3.8) is 0 Å². The number of ether oxygens (including phenoxy) is 2. The summed E-state index contributed by atoms with van der Waals surface area (Å²) in [5, 5.41) is 22.4. The van der Waals surface area contributed by atoms with Crippen LogP contribution < -0.4 is 15.1 Å². The van der Waals surface area contributed by atoms with Crippen molar-refractivity contribution >= 4 is 11.0 Å². The molecule has 2 unspecified atom stereocenters. The van der Waals surface area contributed by atoms with E-state index in [9.17, 15) is 15.0 Å². The topological polar surface area (TPSA) is 89.1 Å². The van der Waals surface area contributed by atoms with Crippen molar-refractivity contribution in [1.82, 2.24) is 0 Å². The minimum Gasteiger partial charge on any atom is -0.490 e. The number of benzene rings is 1. The molecule has 27 heavy (non-hydrogen) atoms. The van der Waals surface area contributed by atoms with Crippen molar-refractivity contribution in [2.24, 2.45) is 0 Å². The molecule has 0 fully saturated rings. The molecule has 4 rings (SSSR count). The first kappa shape index (κ1) is 18.3. The summed E-state index contributed by atoms with van der Waals surface area (Å²) in [6, 6.07) is 1.48. The molecule has 0 aliphatic carbocycles. The second-order valence-corrected chi connectivity index (χ2v) is 8.29. The maximum atomic E-state index is 12.2. The fourth-order valence-electron chi connectivity index (χ4n) is 4.34. The van der Waals surface area contributed by atoms with Crippen molar-refractivity contribution < 1.29 is 24.1 Å². The van der Waals surface area contributed by atoms with Crippen LogP contribution in [0.4, 0.5) is 0 Å². The van der Waals surface area contributed by atoms with E-state index >= 15 is 0 Å². The van der Waals surface area contributed by atoms with E-state index in [0.717, 1.165) is 12.0 Å². The Labute approximate surface area is 157 Å². The maximum Gasteiger partial charge on any atom is 0.336 e. The van der Waals surface area contributed by atoms with Crippen LogP contribution in [0.5, 0.6) is 11.5 Å². The first-order valence-corrected chi connectivity index (χ1v) is 9.60. The average molecular weight is 374 g/mol. The molecule has 146 valence electrons. The summed E-state index contributed by atoms with van der Waals surface area (Å²) in [6.07, 6.45) is 0.463. The molecule has 0 saturated heterocycles. The van der Waals surface area contributed by atoms with Gasteiger partial charge in [-0.1, -0.05) is 13.3 Å². The van der Waals surface area contributed by atoms with Crippen LogP contribution in [0.25, 0.3) is 11.0 Å². The normalized spacial score (nSPS) is 26.1. The summed E-state index contributed by atoms with van der Waals surface area (Å²) in [5.74, 6) is 0.893. The Morgan fingerprint density at radius 3 is 2.63 bits per heavy atom. The highest BCUT2D eigenvalue weighted by molar-refractivity contribution is 5.94. The molecule has 2 N–H and O–H groups in total. The molecule has 3 heterocycles. The minimum atomic E-state index is -0.835. The van der Waals surface area contributed by atoms with Gasteiger partial charge in [-0.25, -0.2) is 4.79 Å². The Morgan fingerprint density at radius 1 is 1.19 bits per heavy atom. The summed E-state index contributed by atoms with van der Waals surface area (Å²) in [6.45, 7) is 7.74. The van der Waals surface area contributed by atoms with E-state index in [1.165, 1.54) is 6.07 Å². The number of hydrogen-bond donors (Lipinski definition) is 2. The quantitative estimate of drug-likeness (QED) is 0.782. The monoisotopic (exact) mass is 374 g/mol. The Morgan fingerprint density at radius 2 is 1.93 bits per heavy atom. The highest BCUT2D eigenvalue weighted by Gasteiger charge is 2.42. The van der Waals surface area contributed by atoms with Crippen LogP contribution in [0.15, 0.2) is 15.3 Å². The van der Waals surface area contributed by atoms with Crippen molar-refractivity contribution in [1.29, 1.82) is 0 Å². The lowest BCUT2D eigenvalue weighted by molar-refractivity contribution is 0.00689. The van der Waals surface area contributed by atoms with Crippen LogP contribution in [0, 0.1) is 0 Å². The number of aliphatic hydroxyl groups is 2. The van der Waals surface area contributed by atoms with Gasteiger partial charge in [-0.3, -0.25) is 0 Å². The third kappa shape index (κ3) is 2.91. The number of aryl methyl sites for hydroxylation is 1. The number of fused-ring (bicyclic) bond motifs is 6. The summed E-state index contributed by atoms with van der Waals surface area (Å²) >= 11 is 0. The van der Waals surface area contributed by atoms with E-state index in [0.29, 0.717) is 52.9 Å². The van der Waals surface area contributed by atoms with Gasteiger partial charge in [-0.15, -0.1) is 0 Å². The maximum absolute atomic E-state index is 12.2. The van der Waals surface area contributed by atoms with Gasteiger partial charge < -0.3 is 24.1 Å². The van der Waals surface area contributed by atoms with Crippen LogP contribution in [0.3, 0.4) is 0 Å². The zero-order valence-corrected chi connectivity index (χ0v) is 16.2. The third-order valence-corrected chi connectivity index (χ3v) is 5.37. The van der Waals surface area contributed by atoms with Crippen LogP contribution in [-0.4, -0.2) is 21.9 Å². The fourth-order valence-corrected chi connectivity index (χ4v) is 4.34. The lowest BCUT2D eigenvalue weighted by Gasteiger charge is -2.39. The van der Waals surface area contributed by atoms with E-state index in [1.54, 1.807) is 0 Å². The predicted octanol–water partition coefficient (Wildman–Crippen LogP) is 3.54. The summed E-state index contributed by atoms with van der Waals surface area (Å²) in [4.78, 5) is 12.2. The van der Waals surface area contributed by atoms with E-state index in [1.807, 2.05) is 27.7 Å². The van der Waals surface area contributed by atoms with Crippen LogP contribution >= 0.6 is 0 Å². The third-order valence-electron chi connectivity index (χ3n) is 5.37. The molecule has 0 bridgehead atoms. The largest absolute Gasteiger partial charge is 0.490 e. The van der Waals surface area contributed by atoms with Crippen LogP contribution in [0.2, 0.25) is 0 Å². The van der Waals surface area contributed by atoms with Crippen molar-refractivity contribution in [3.8, 4) is 11.5 Å². The predicted molar refractivity (Wildman–Crippen MR) is 100 cm³/mol. The SMILES string of the molecule is CCCc1cc(=O)oc2c3c(c4c(c12)OC(C)(C)CC4O)O[C@H](C)CC3O. The van der Waals surface area contributed by atoms with Crippen molar-refractivity contribution in [2.45, 2.75) is 77.3 Å². The standard InChI is InChI=1S/C21H26O6/c1-5-6-11-8-14(24)26-18-15(11)20-17(13(23)9-21(3,4)27-20)19-16(18)12(22)7-10(2)25-19/h8,10,12-13,22-23H,5-7,9H2,1-4H3/t10-,12?,13?/m1/s1. The molecular formula is C21H26O6. The molecule has 6 nitrogen and oxygen atoms in total. The Kier molecular flexibility index (Phi) is 4.24. The van der Waals surface area contributed by atoms with Gasteiger partial charge in [0.25, 0.3) is 0 Å². The van der Waals surface area contributed by atoms with Gasteiger partial charge in [0, 0.05) is 18.9 Å². The van der Waals surface area contributed by atoms with Gasteiger partial charge in [-0.2, -0.15) is 0 Å². The molecule has 0 saturated carbocycles. The molecule has 6 heteroatoms. The molecule has 0 spiro atoms. The van der Waals surface area contributed by atoms with E-state index < -0.39 is 23.4 Å². The number of rotatable bonds is 2. The summed E-state index contributed by atoms with van der Waals surface area (Å²) in [5.41, 5.74) is 1.07. The van der Waals surface area contributed by atoms with Gasteiger partial charge in [0.2, 0.25) is 0 Å². The second-order valence-electron chi connectivity index (χ2n) is 8.29. The molecule has 0 radical (unpaired) electrons. The number of aliphatic hydroxyl groups excluding tert-OH is 2. The zero-order valence-electron chi connectivity index (χ0n) is 16.2. The van der Waals surface area contributed by atoms with Gasteiger partial charge in [0.05, 0.1) is 34.8 Å². The van der Waals surface area contributed by atoms with E-state index in [2.05, 4.69) is 0 Å². The summed E-state index contributed by atoms with van der Waals surface area (Å²) in [7, 11) is 0. The van der Waals surface area contributed by atoms with E-state index in [-0.39, 0.29) is 6.10 Å². The molecule has 1 aromatic heterocycles. The molecule has 1 aromatic carbocycles. The Balaban J connectivity index is 2.17. The molecule has 2 aliphatic heterocycles. The molecule has 0 amide bonds.